The average Bonchev–Trinajstić information content (AvgIpc) is 2.26. The molecule has 0 saturated carbocycles. The van der Waals surface area contributed by atoms with Crippen molar-refractivity contribution >= 4 is 19.9 Å². The Labute approximate surface area is 113 Å². The predicted octanol–water partition coefficient (Wildman–Crippen LogP) is -0.187. The van der Waals surface area contributed by atoms with Crippen molar-refractivity contribution in [3.05, 3.63) is 35.9 Å². The minimum atomic E-state index is -3.96. The SMILES string of the molecule is CS(=O)(=O)CS(=O)(=O)N(CCO)Cc1ccccc1. The van der Waals surface area contributed by atoms with Gasteiger partial charge in [-0.1, -0.05) is 30.3 Å². The van der Waals surface area contributed by atoms with Gasteiger partial charge in [-0.15, -0.1) is 0 Å². The van der Waals surface area contributed by atoms with E-state index in [0.29, 0.717) is 0 Å². The number of sulfone groups is 1. The van der Waals surface area contributed by atoms with E-state index >= 15 is 0 Å². The third-order valence-corrected chi connectivity index (χ3v) is 6.31. The Morgan fingerprint density at radius 2 is 1.68 bits per heavy atom. The van der Waals surface area contributed by atoms with E-state index in [9.17, 15) is 16.8 Å². The van der Waals surface area contributed by atoms with Gasteiger partial charge in [0.15, 0.2) is 14.9 Å². The van der Waals surface area contributed by atoms with Crippen molar-refractivity contribution in [1.82, 2.24) is 4.31 Å². The van der Waals surface area contributed by atoms with Crippen LogP contribution in [-0.4, -0.2) is 50.7 Å². The molecule has 1 N–H and O–H groups in total. The van der Waals surface area contributed by atoms with Gasteiger partial charge in [0.25, 0.3) is 0 Å². The quantitative estimate of drug-likeness (QED) is 0.754. The lowest BCUT2D eigenvalue weighted by atomic mass is 10.2. The number of aliphatic hydroxyl groups is 1. The van der Waals surface area contributed by atoms with Gasteiger partial charge in [-0.25, -0.2) is 16.8 Å². The zero-order valence-electron chi connectivity index (χ0n) is 10.6. The highest BCUT2D eigenvalue weighted by Crippen LogP contribution is 2.11. The number of hydrogen-bond donors (Lipinski definition) is 1. The molecule has 0 spiro atoms. The lowest BCUT2D eigenvalue weighted by molar-refractivity contribution is 0.251. The van der Waals surface area contributed by atoms with Crippen LogP contribution in [-0.2, 0) is 26.4 Å². The number of sulfonamides is 1. The van der Waals surface area contributed by atoms with Crippen LogP contribution in [0.4, 0.5) is 0 Å². The second-order valence-electron chi connectivity index (χ2n) is 4.20. The minimum absolute atomic E-state index is 0.0409. The summed E-state index contributed by atoms with van der Waals surface area (Å²) >= 11 is 0. The predicted molar refractivity (Wildman–Crippen MR) is 72.6 cm³/mol. The molecule has 0 heterocycles. The Hall–Kier alpha value is -0.960. The first-order valence-corrected chi connectivity index (χ1v) is 9.22. The molecule has 1 rings (SSSR count). The van der Waals surface area contributed by atoms with Crippen LogP contribution in [0.5, 0.6) is 0 Å². The fourth-order valence-electron chi connectivity index (χ4n) is 1.56. The molecular weight excluding hydrogens is 290 g/mol. The summed E-state index contributed by atoms with van der Waals surface area (Å²) in [6.45, 7) is -0.457. The average molecular weight is 307 g/mol. The number of aliphatic hydroxyl groups excluding tert-OH is 1. The Kier molecular flexibility index (Phi) is 5.48. The van der Waals surface area contributed by atoms with Crippen LogP contribution >= 0.6 is 0 Å². The molecule has 0 atom stereocenters. The van der Waals surface area contributed by atoms with Crippen molar-refractivity contribution in [1.29, 1.82) is 0 Å². The second-order valence-corrected chi connectivity index (χ2v) is 8.67. The van der Waals surface area contributed by atoms with Crippen LogP contribution < -0.4 is 0 Å². The fraction of sp³-hybridized carbons (Fsp3) is 0.455. The molecule has 0 aliphatic heterocycles. The zero-order chi connectivity index (χ0) is 14.5. The Morgan fingerprint density at radius 1 is 1.11 bits per heavy atom. The maximum absolute atomic E-state index is 12.0. The Balaban J connectivity index is 2.94. The van der Waals surface area contributed by atoms with Gasteiger partial charge in [0.05, 0.1) is 6.61 Å². The number of rotatable bonds is 7. The van der Waals surface area contributed by atoms with Crippen LogP contribution in [0.1, 0.15) is 5.56 Å². The monoisotopic (exact) mass is 307 g/mol. The highest BCUT2D eigenvalue weighted by atomic mass is 32.3. The maximum atomic E-state index is 12.0. The van der Waals surface area contributed by atoms with Crippen LogP contribution in [0, 0.1) is 0 Å². The molecule has 0 aliphatic rings. The molecule has 0 unspecified atom stereocenters. The summed E-state index contributed by atoms with van der Waals surface area (Å²) in [7, 11) is -7.60. The second kappa shape index (κ2) is 6.47. The van der Waals surface area contributed by atoms with Crippen molar-refractivity contribution in [2.24, 2.45) is 0 Å². The largest absolute Gasteiger partial charge is 0.395 e. The van der Waals surface area contributed by atoms with Gasteiger partial charge in [-0.2, -0.15) is 4.31 Å². The van der Waals surface area contributed by atoms with E-state index in [1.165, 1.54) is 0 Å². The third kappa shape index (κ3) is 5.68. The molecule has 0 aliphatic carbocycles. The Bertz CT molecular complexity index is 595. The lowest BCUT2D eigenvalue weighted by Gasteiger charge is -2.20. The van der Waals surface area contributed by atoms with E-state index in [2.05, 4.69) is 0 Å². The fourth-order valence-corrected chi connectivity index (χ4v) is 5.03. The van der Waals surface area contributed by atoms with Crippen molar-refractivity contribution < 1.29 is 21.9 Å². The first-order valence-electron chi connectivity index (χ1n) is 5.55. The molecule has 19 heavy (non-hydrogen) atoms. The molecule has 0 radical (unpaired) electrons. The molecule has 0 amide bonds. The van der Waals surface area contributed by atoms with Gasteiger partial charge in [-0.05, 0) is 5.56 Å². The van der Waals surface area contributed by atoms with E-state index in [-0.39, 0.29) is 19.7 Å². The molecular formula is C11H17NO5S2. The van der Waals surface area contributed by atoms with E-state index in [1.807, 2.05) is 0 Å². The van der Waals surface area contributed by atoms with Crippen molar-refractivity contribution in [3.8, 4) is 0 Å². The van der Waals surface area contributed by atoms with Crippen molar-refractivity contribution in [2.75, 3.05) is 24.5 Å². The summed E-state index contributed by atoms with van der Waals surface area (Å²) in [5.74, 6) is 0. The summed E-state index contributed by atoms with van der Waals surface area (Å²) in [6.07, 6.45) is 0.865. The normalized spacial score (nSPS) is 12.8. The number of hydrogen-bond acceptors (Lipinski definition) is 5. The highest BCUT2D eigenvalue weighted by Gasteiger charge is 2.26. The van der Waals surface area contributed by atoms with Gasteiger partial charge in [-0.3, -0.25) is 0 Å². The summed E-state index contributed by atoms with van der Waals surface area (Å²) in [6, 6.07) is 8.79. The first-order chi connectivity index (χ1) is 8.74. The van der Waals surface area contributed by atoms with E-state index in [1.54, 1.807) is 30.3 Å². The molecule has 0 bridgehead atoms. The van der Waals surface area contributed by atoms with E-state index < -0.39 is 24.9 Å². The first kappa shape index (κ1) is 16.1. The van der Waals surface area contributed by atoms with Crippen molar-refractivity contribution in [3.63, 3.8) is 0 Å². The summed E-state index contributed by atoms with van der Waals surface area (Å²) in [5.41, 5.74) is 0.730. The Morgan fingerprint density at radius 3 is 2.16 bits per heavy atom. The van der Waals surface area contributed by atoms with Crippen molar-refractivity contribution in [2.45, 2.75) is 6.54 Å². The molecule has 1 aromatic rings. The zero-order valence-corrected chi connectivity index (χ0v) is 12.2. The van der Waals surface area contributed by atoms with E-state index in [0.717, 1.165) is 16.1 Å². The van der Waals surface area contributed by atoms with Gasteiger partial charge < -0.3 is 5.11 Å². The standard InChI is InChI=1S/C11H17NO5S2/c1-18(14,15)10-19(16,17)12(7-8-13)9-11-5-3-2-4-6-11/h2-6,13H,7-10H2,1H3. The summed E-state index contributed by atoms with van der Waals surface area (Å²) < 4.78 is 47.2. The van der Waals surface area contributed by atoms with E-state index in [4.69, 9.17) is 5.11 Å². The molecule has 6 nitrogen and oxygen atoms in total. The smallest absolute Gasteiger partial charge is 0.228 e. The summed E-state index contributed by atoms with van der Waals surface area (Å²) in [4.78, 5) is 0. The minimum Gasteiger partial charge on any atom is -0.395 e. The molecule has 1 aromatic carbocycles. The van der Waals surface area contributed by atoms with Gasteiger partial charge >= 0.3 is 0 Å². The van der Waals surface area contributed by atoms with Gasteiger partial charge in [0, 0.05) is 19.3 Å². The van der Waals surface area contributed by atoms with Crippen LogP contribution in [0.3, 0.4) is 0 Å². The van der Waals surface area contributed by atoms with Gasteiger partial charge in [0.1, 0.15) is 0 Å². The van der Waals surface area contributed by atoms with Crippen LogP contribution in [0.2, 0.25) is 0 Å². The maximum Gasteiger partial charge on any atom is 0.228 e. The molecule has 0 aromatic heterocycles. The third-order valence-electron chi connectivity index (χ3n) is 2.31. The highest BCUT2D eigenvalue weighted by molar-refractivity contribution is 8.06. The van der Waals surface area contributed by atoms with Crippen LogP contribution in [0.15, 0.2) is 30.3 Å². The summed E-state index contributed by atoms with van der Waals surface area (Å²) in [5, 5.41) is 7.97. The lowest BCUT2D eigenvalue weighted by Crippen LogP contribution is -2.36. The molecule has 108 valence electrons. The van der Waals surface area contributed by atoms with Gasteiger partial charge in [0.2, 0.25) is 10.0 Å². The molecule has 0 saturated heterocycles. The molecule has 8 heteroatoms. The number of benzene rings is 1. The molecule has 0 fully saturated rings. The topological polar surface area (TPSA) is 91.8 Å². The van der Waals surface area contributed by atoms with Crippen LogP contribution in [0.25, 0.3) is 0 Å². The number of nitrogens with zero attached hydrogens (tertiary/aromatic N) is 1.